The number of sulfone groups is 1. The van der Waals surface area contributed by atoms with Crippen LogP contribution in [-0.4, -0.2) is 38.4 Å². The van der Waals surface area contributed by atoms with Crippen LogP contribution in [0.5, 0.6) is 0 Å². The van der Waals surface area contributed by atoms with Crippen LogP contribution in [0.15, 0.2) is 22.7 Å². The molecule has 0 aliphatic carbocycles. The number of nitrogens with one attached hydrogen (secondary N) is 2. The van der Waals surface area contributed by atoms with Gasteiger partial charge in [0.05, 0.1) is 0 Å². The fraction of sp³-hybridized carbons (Fsp3) is 0.500. The first-order chi connectivity index (χ1) is 10.2. The zero-order chi connectivity index (χ0) is 16.4. The van der Waals surface area contributed by atoms with E-state index in [0.29, 0.717) is 23.1 Å². The Hall–Kier alpha value is -0.700. The normalized spacial score (nSPS) is 17.2. The predicted molar refractivity (Wildman–Crippen MR) is 92.9 cm³/mol. The summed E-state index contributed by atoms with van der Waals surface area (Å²) in [5, 5.41) is 5.69. The van der Waals surface area contributed by atoms with Gasteiger partial charge in [-0.25, -0.2) is 12.8 Å². The van der Waals surface area contributed by atoms with Gasteiger partial charge in [-0.05, 0) is 49.7 Å². The van der Waals surface area contributed by atoms with Gasteiger partial charge in [-0.2, -0.15) is 0 Å². The quantitative estimate of drug-likeness (QED) is 0.765. The minimum absolute atomic E-state index is 0. The van der Waals surface area contributed by atoms with Crippen molar-refractivity contribution in [2.45, 2.75) is 24.1 Å². The highest BCUT2D eigenvalue weighted by Gasteiger charge is 2.48. The van der Waals surface area contributed by atoms with E-state index in [9.17, 15) is 17.6 Å². The lowest BCUT2D eigenvalue weighted by Crippen LogP contribution is -2.57. The van der Waals surface area contributed by atoms with Crippen LogP contribution in [-0.2, 0) is 21.2 Å². The second-order valence-electron chi connectivity index (χ2n) is 5.48. The van der Waals surface area contributed by atoms with Gasteiger partial charge in [-0.1, -0.05) is 15.9 Å². The van der Waals surface area contributed by atoms with Crippen LogP contribution in [0.4, 0.5) is 4.39 Å². The maximum Gasteiger partial charge on any atom is 0.241 e. The Bertz CT molecular complexity index is 658. The third-order valence-corrected chi connectivity index (χ3v) is 6.38. The van der Waals surface area contributed by atoms with Crippen molar-refractivity contribution in [3.63, 3.8) is 0 Å². The van der Waals surface area contributed by atoms with Crippen LogP contribution in [0.25, 0.3) is 0 Å². The molecule has 1 aliphatic heterocycles. The van der Waals surface area contributed by atoms with Crippen molar-refractivity contribution in [3.05, 3.63) is 34.1 Å². The van der Waals surface area contributed by atoms with Gasteiger partial charge >= 0.3 is 0 Å². The zero-order valence-electron chi connectivity index (χ0n) is 12.6. The van der Waals surface area contributed by atoms with Crippen molar-refractivity contribution in [2.24, 2.45) is 0 Å². The number of halogens is 3. The van der Waals surface area contributed by atoms with Crippen molar-refractivity contribution in [1.82, 2.24) is 10.6 Å². The molecule has 1 fully saturated rings. The van der Waals surface area contributed by atoms with E-state index in [1.54, 1.807) is 6.07 Å². The van der Waals surface area contributed by atoms with Gasteiger partial charge in [0.1, 0.15) is 5.82 Å². The average Bonchev–Trinajstić information content (AvgIpc) is 2.43. The molecule has 1 heterocycles. The summed E-state index contributed by atoms with van der Waals surface area (Å²) in [6.45, 7) is 1.04. The minimum Gasteiger partial charge on any atom is -0.351 e. The number of hydrogen-bond donors (Lipinski definition) is 2. The number of hydrogen-bond acceptors (Lipinski definition) is 4. The molecule has 0 radical (unpaired) electrons. The van der Waals surface area contributed by atoms with Crippen molar-refractivity contribution >= 4 is 44.1 Å². The summed E-state index contributed by atoms with van der Waals surface area (Å²) in [6.07, 6.45) is 1.58. The van der Waals surface area contributed by atoms with Crippen LogP contribution in [0.3, 0.4) is 0 Å². The molecule has 0 bridgehead atoms. The molecule has 130 valence electrons. The Kier molecular flexibility index (Phi) is 7.00. The minimum atomic E-state index is -3.54. The third-order valence-electron chi connectivity index (χ3n) is 3.91. The van der Waals surface area contributed by atoms with Crippen molar-refractivity contribution in [2.75, 3.05) is 19.3 Å². The molecule has 9 heteroatoms. The van der Waals surface area contributed by atoms with Crippen molar-refractivity contribution < 1.29 is 17.6 Å². The van der Waals surface area contributed by atoms with E-state index in [-0.39, 0.29) is 31.8 Å². The van der Waals surface area contributed by atoms with E-state index < -0.39 is 26.3 Å². The summed E-state index contributed by atoms with van der Waals surface area (Å²) < 4.78 is 36.7. The lowest BCUT2D eigenvalue weighted by molar-refractivity contribution is -0.124. The number of rotatable bonds is 4. The van der Waals surface area contributed by atoms with Gasteiger partial charge in [0.15, 0.2) is 14.6 Å². The predicted octanol–water partition coefficient (Wildman–Crippen LogP) is 1.79. The molecular formula is C14H19BrClFN2O3S. The van der Waals surface area contributed by atoms with E-state index in [1.165, 1.54) is 12.1 Å². The van der Waals surface area contributed by atoms with Crippen LogP contribution >= 0.6 is 28.3 Å². The molecular weight excluding hydrogens is 411 g/mol. The molecule has 1 aromatic carbocycles. The molecule has 5 nitrogen and oxygen atoms in total. The highest BCUT2D eigenvalue weighted by molar-refractivity contribution is 9.10. The van der Waals surface area contributed by atoms with Gasteiger partial charge in [0, 0.05) is 17.3 Å². The summed E-state index contributed by atoms with van der Waals surface area (Å²) in [6, 6.07) is 4.30. The Morgan fingerprint density at radius 1 is 1.35 bits per heavy atom. The third kappa shape index (κ3) is 4.65. The molecule has 0 atom stereocenters. The summed E-state index contributed by atoms with van der Waals surface area (Å²) >= 11 is 3.18. The molecule has 0 spiro atoms. The standard InChI is InChI=1S/C14H18BrFN2O3S.ClH/c1-22(20,21)14(2-4-17-5-3-14)13(19)18-9-10-6-11(15)8-12(16)7-10;/h6-8,17H,2-5,9H2,1H3,(H,18,19);1H. The highest BCUT2D eigenvalue weighted by atomic mass is 79.9. The molecule has 23 heavy (non-hydrogen) atoms. The van der Waals surface area contributed by atoms with E-state index in [1.807, 2.05) is 0 Å². The first kappa shape index (κ1) is 20.3. The van der Waals surface area contributed by atoms with Crippen LogP contribution in [0.1, 0.15) is 18.4 Å². The molecule has 1 aliphatic rings. The Balaban J connectivity index is 0.00000264. The van der Waals surface area contributed by atoms with E-state index in [2.05, 4.69) is 26.6 Å². The molecule has 0 aromatic heterocycles. The van der Waals surface area contributed by atoms with Crippen LogP contribution in [0.2, 0.25) is 0 Å². The Labute approximate surface area is 149 Å². The maximum atomic E-state index is 13.3. The van der Waals surface area contributed by atoms with E-state index in [4.69, 9.17) is 0 Å². The summed E-state index contributed by atoms with van der Waals surface area (Å²) in [5.41, 5.74) is 0.567. The Morgan fingerprint density at radius 2 is 1.96 bits per heavy atom. The molecule has 1 saturated heterocycles. The second-order valence-corrected chi connectivity index (χ2v) is 8.72. The SMILES string of the molecule is CS(=O)(=O)C1(C(=O)NCc2cc(F)cc(Br)c2)CCNCC1.Cl. The molecule has 1 aromatic rings. The average molecular weight is 430 g/mol. The first-order valence-corrected chi connectivity index (χ1v) is 9.57. The first-order valence-electron chi connectivity index (χ1n) is 6.88. The van der Waals surface area contributed by atoms with E-state index >= 15 is 0 Å². The smallest absolute Gasteiger partial charge is 0.241 e. The summed E-state index contributed by atoms with van der Waals surface area (Å²) in [4.78, 5) is 12.5. The topological polar surface area (TPSA) is 75.3 Å². The second kappa shape index (κ2) is 7.92. The van der Waals surface area contributed by atoms with Crippen molar-refractivity contribution in [1.29, 1.82) is 0 Å². The lowest BCUT2D eigenvalue weighted by atomic mass is 9.95. The number of benzene rings is 1. The van der Waals surface area contributed by atoms with Gasteiger partial charge in [-0.3, -0.25) is 4.79 Å². The van der Waals surface area contributed by atoms with Gasteiger partial charge in [-0.15, -0.1) is 12.4 Å². The van der Waals surface area contributed by atoms with Crippen molar-refractivity contribution in [3.8, 4) is 0 Å². The zero-order valence-corrected chi connectivity index (χ0v) is 15.8. The van der Waals surface area contributed by atoms with Gasteiger partial charge in [0.25, 0.3) is 0 Å². The molecule has 0 unspecified atom stereocenters. The lowest BCUT2D eigenvalue weighted by Gasteiger charge is -2.34. The largest absolute Gasteiger partial charge is 0.351 e. The molecule has 0 saturated carbocycles. The van der Waals surface area contributed by atoms with Gasteiger partial charge in [0.2, 0.25) is 5.91 Å². The number of piperidine rings is 1. The highest BCUT2D eigenvalue weighted by Crippen LogP contribution is 2.28. The molecule has 1 amide bonds. The number of amides is 1. The number of carbonyl (C=O) groups is 1. The van der Waals surface area contributed by atoms with Gasteiger partial charge < -0.3 is 10.6 Å². The monoisotopic (exact) mass is 428 g/mol. The fourth-order valence-electron chi connectivity index (χ4n) is 2.65. The number of carbonyl (C=O) groups excluding carboxylic acids is 1. The fourth-order valence-corrected chi connectivity index (χ4v) is 4.52. The maximum absolute atomic E-state index is 13.3. The summed E-state index contributed by atoms with van der Waals surface area (Å²) in [7, 11) is -3.54. The summed E-state index contributed by atoms with van der Waals surface area (Å²) in [5.74, 6) is -0.935. The van der Waals surface area contributed by atoms with E-state index in [0.717, 1.165) is 6.26 Å². The molecule has 2 N–H and O–H groups in total. The van der Waals surface area contributed by atoms with Crippen LogP contribution in [0, 0.1) is 5.82 Å². The Morgan fingerprint density at radius 3 is 2.48 bits per heavy atom. The molecule has 2 rings (SSSR count). The van der Waals surface area contributed by atoms with Crippen LogP contribution < -0.4 is 10.6 Å².